The first-order chi connectivity index (χ1) is 15.0. The summed E-state index contributed by atoms with van der Waals surface area (Å²) in [7, 11) is 3.90. The lowest BCUT2D eigenvalue weighted by Gasteiger charge is -2.12. The third kappa shape index (κ3) is 6.37. The van der Waals surface area contributed by atoms with E-state index in [2.05, 4.69) is 20.8 Å². The van der Waals surface area contributed by atoms with Gasteiger partial charge in [0.1, 0.15) is 5.70 Å². The van der Waals surface area contributed by atoms with Crippen LogP contribution in [0.3, 0.4) is 0 Å². The smallest absolute Gasteiger partial charge is 0.287 e. The van der Waals surface area contributed by atoms with E-state index in [-0.39, 0.29) is 11.6 Å². The number of benzene rings is 2. The molecule has 0 spiro atoms. The second-order valence-corrected chi connectivity index (χ2v) is 6.85. The molecular formula is C24H23N5O2. The molecule has 1 aromatic heterocycles. The van der Waals surface area contributed by atoms with Gasteiger partial charge in [-0.15, -0.1) is 0 Å². The van der Waals surface area contributed by atoms with E-state index < -0.39 is 5.91 Å². The van der Waals surface area contributed by atoms with Gasteiger partial charge in [-0.3, -0.25) is 14.6 Å². The van der Waals surface area contributed by atoms with Crippen LogP contribution in [0.25, 0.3) is 6.08 Å². The Kier molecular flexibility index (Phi) is 7.26. The van der Waals surface area contributed by atoms with Crippen molar-refractivity contribution < 1.29 is 9.59 Å². The van der Waals surface area contributed by atoms with E-state index in [1.807, 2.05) is 55.4 Å². The number of pyridine rings is 1. The summed E-state index contributed by atoms with van der Waals surface area (Å²) in [6.45, 7) is 0. The molecular weight excluding hydrogens is 390 g/mol. The quantitative estimate of drug-likeness (QED) is 0.354. The predicted octanol–water partition coefficient (Wildman–Crippen LogP) is 3.07. The Morgan fingerprint density at radius 3 is 2.32 bits per heavy atom. The third-order valence-electron chi connectivity index (χ3n) is 4.31. The highest BCUT2D eigenvalue weighted by molar-refractivity contribution is 6.05. The summed E-state index contributed by atoms with van der Waals surface area (Å²) >= 11 is 0. The van der Waals surface area contributed by atoms with Crippen LogP contribution in [0.15, 0.2) is 89.9 Å². The van der Waals surface area contributed by atoms with Crippen molar-refractivity contribution in [1.82, 2.24) is 15.7 Å². The number of amides is 2. The van der Waals surface area contributed by atoms with Gasteiger partial charge in [0.25, 0.3) is 11.8 Å². The van der Waals surface area contributed by atoms with Crippen LogP contribution in [0, 0.1) is 0 Å². The molecule has 2 N–H and O–H groups in total. The highest BCUT2D eigenvalue weighted by atomic mass is 16.2. The minimum Gasteiger partial charge on any atom is -0.378 e. The van der Waals surface area contributed by atoms with E-state index in [9.17, 15) is 9.59 Å². The van der Waals surface area contributed by atoms with E-state index >= 15 is 0 Å². The van der Waals surface area contributed by atoms with Crippen molar-refractivity contribution in [2.45, 2.75) is 0 Å². The summed E-state index contributed by atoms with van der Waals surface area (Å²) in [5, 5.41) is 6.64. The molecule has 0 atom stereocenters. The number of nitrogens with zero attached hydrogens (tertiary/aromatic N) is 3. The van der Waals surface area contributed by atoms with E-state index in [0.29, 0.717) is 5.56 Å². The van der Waals surface area contributed by atoms with Gasteiger partial charge in [0.05, 0.1) is 6.21 Å². The molecule has 156 valence electrons. The maximum atomic E-state index is 12.7. The molecule has 31 heavy (non-hydrogen) atoms. The first kappa shape index (κ1) is 21.4. The minimum atomic E-state index is -0.541. The highest BCUT2D eigenvalue weighted by Gasteiger charge is 2.14. The molecule has 1 heterocycles. The fourth-order valence-corrected chi connectivity index (χ4v) is 2.66. The standard InChI is InChI=1S/C24H23N5O2/c1-29(2)21-12-10-18(11-13-21)15-22(27-23(30)20-8-4-3-5-9-20)24(31)28-26-17-19-7-6-14-25-16-19/h3-17H,1-2H3,(H,27,30)(H,28,31)/b22-15-,26-17+. The lowest BCUT2D eigenvalue weighted by Crippen LogP contribution is -2.32. The van der Waals surface area contributed by atoms with Gasteiger partial charge in [0.15, 0.2) is 0 Å². The van der Waals surface area contributed by atoms with Crippen LogP contribution in [-0.4, -0.2) is 37.1 Å². The first-order valence-electron chi connectivity index (χ1n) is 9.62. The zero-order valence-electron chi connectivity index (χ0n) is 17.3. The fourth-order valence-electron chi connectivity index (χ4n) is 2.66. The van der Waals surface area contributed by atoms with Crippen molar-refractivity contribution in [3.63, 3.8) is 0 Å². The number of aromatic nitrogens is 1. The molecule has 0 aliphatic heterocycles. The second kappa shape index (κ2) is 10.5. The third-order valence-corrected chi connectivity index (χ3v) is 4.31. The van der Waals surface area contributed by atoms with Gasteiger partial charge in [-0.05, 0) is 42.0 Å². The Hall–Kier alpha value is -4.26. The summed E-state index contributed by atoms with van der Waals surface area (Å²) in [5.41, 5.74) is 5.50. The average molecular weight is 413 g/mol. The molecule has 0 saturated carbocycles. The Morgan fingerprint density at radius 1 is 0.935 bits per heavy atom. The van der Waals surface area contributed by atoms with E-state index in [4.69, 9.17) is 0 Å². The molecule has 0 saturated heterocycles. The average Bonchev–Trinajstić information content (AvgIpc) is 2.80. The van der Waals surface area contributed by atoms with Gasteiger partial charge < -0.3 is 10.2 Å². The summed E-state index contributed by atoms with van der Waals surface area (Å²) in [6.07, 6.45) is 6.36. The maximum Gasteiger partial charge on any atom is 0.287 e. The lowest BCUT2D eigenvalue weighted by molar-refractivity contribution is -0.117. The number of nitrogens with one attached hydrogen (secondary N) is 2. The van der Waals surface area contributed by atoms with Crippen molar-refractivity contribution in [1.29, 1.82) is 0 Å². The van der Waals surface area contributed by atoms with Crippen LogP contribution in [-0.2, 0) is 4.79 Å². The monoisotopic (exact) mass is 413 g/mol. The maximum absolute atomic E-state index is 12.7. The summed E-state index contributed by atoms with van der Waals surface area (Å²) < 4.78 is 0. The van der Waals surface area contributed by atoms with Crippen LogP contribution < -0.4 is 15.6 Å². The Morgan fingerprint density at radius 2 is 1.68 bits per heavy atom. The Labute approximate surface area is 181 Å². The minimum absolute atomic E-state index is 0.0785. The van der Waals surface area contributed by atoms with Gasteiger partial charge in [-0.2, -0.15) is 5.10 Å². The van der Waals surface area contributed by atoms with Crippen molar-refractivity contribution >= 4 is 29.8 Å². The van der Waals surface area contributed by atoms with Crippen LogP contribution in [0.4, 0.5) is 5.69 Å². The molecule has 2 amide bonds. The molecule has 0 unspecified atom stereocenters. The second-order valence-electron chi connectivity index (χ2n) is 6.85. The van der Waals surface area contributed by atoms with Crippen molar-refractivity contribution in [3.05, 3.63) is 102 Å². The molecule has 0 fully saturated rings. The summed E-state index contributed by atoms with van der Waals surface area (Å²) in [4.78, 5) is 31.3. The molecule has 7 nitrogen and oxygen atoms in total. The number of carbonyl (C=O) groups excluding carboxylic acids is 2. The molecule has 3 rings (SSSR count). The highest BCUT2D eigenvalue weighted by Crippen LogP contribution is 2.14. The molecule has 2 aromatic carbocycles. The molecule has 0 aliphatic rings. The van der Waals surface area contributed by atoms with E-state index in [1.54, 1.807) is 48.8 Å². The number of rotatable bonds is 7. The van der Waals surface area contributed by atoms with Crippen molar-refractivity contribution in [3.8, 4) is 0 Å². The van der Waals surface area contributed by atoms with Crippen LogP contribution in [0.5, 0.6) is 0 Å². The van der Waals surface area contributed by atoms with Gasteiger partial charge in [0.2, 0.25) is 0 Å². The molecule has 0 radical (unpaired) electrons. The largest absolute Gasteiger partial charge is 0.378 e. The number of hydrogen-bond donors (Lipinski definition) is 2. The SMILES string of the molecule is CN(C)c1ccc(/C=C(\NC(=O)c2ccccc2)C(=O)N/N=C/c2cccnc2)cc1. The number of anilines is 1. The molecule has 3 aromatic rings. The van der Waals surface area contributed by atoms with E-state index in [0.717, 1.165) is 16.8 Å². The van der Waals surface area contributed by atoms with Crippen LogP contribution >= 0.6 is 0 Å². The molecule has 0 bridgehead atoms. The van der Waals surface area contributed by atoms with Crippen LogP contribution in [0.2, 0.25) is 0 Å². The van der Waals surface area contributed by atoms with Crippen LogP contribution in [0.1, 0.15) is 21.5 Å². The lowest BCUT2D eigenvalue weighted by atomic mass is 10.1. The van der Waals surface area contributed by atoms with Gasteiger partial charge in [-0.1, -0.05) is 36.4 Å². The summed E-state index contributed by atoms with van der Waals surface area (Å²) in [6, 6.07) is 19.9. The predicted molar refractivity (Wildman–Crippen MR) is 123 cm³/mol. The van der Waals surface area contributed by atoms with E-state index in [1.165, 1.54) is 6.21 Å². The molecule has 7 heteroatoms. The normalized spacial score (nSPS) is 11.2. The number of hydrazone groups is 1. The zero-order valence-corrected chi connectivity index (χ0v) is 17.3. The van der Waals surface area contributed by atoms with Gasteiger partial charge in [-0.25, -0.2) is 5.43 Å². The number of carbonyl (C=O) groups is 2. The zero-order chi connectivity index (χ0) is 22.1. The van der Waals surface area contributed by atoms with Crippen molar-refractivity contribution in [2.75, 3.05) is 19.0 Å². The first-order valence-corrected chi connectivity index (χ1v) is 9.62. The Balaban J connectivity index is 1.81. The Bertz CT molecular complexity index is 1080. The van der Waals surface area contributed by atoms with Gasteiger partial charge in [0, 0.05) is 43.3 Å². The van der Waals surface area contributed by atoms with Gasteiger partial charge >= 0.3 is 0 Å². The summed E-state index contributed by atoms with van der Waals surface area (Å²) in [5.74, 6) is -0.927. The van der Waals surface area contributed by atoms with Crippen molar-refractivity contribution in [2.24, 2.45) is 5.10 Å². The topological polar surface area (TPSA) is 86.7 Å². The molecule has 0 aliphatic carbocycles. The fraction of sp³-hybridized carbons (Fsp3) is 0.0833. The number of hydrogen-bond acceptors (Lipinski definition) is 5.